The minimum atomic E-state index is -2.74. The summed E-state index contributed by atoms with van der Waals surface area (Å²) in [5.74, 6) is 0.667. The van der Waals surface area contributed by atoms with Crippen LogP contribution >= 0.6 is 0 Å². The second-order valence-corrected chi connectivity index (χ2v) is 6.07. The summed E-state index contributed by atoms with van der Waals surface area (Å²) >= 11 is 0. The smallest absolute Gasteiger partial charge is 0.320 e. The number of imidazole rings is 1. The standard InChI is InChI=1S/C20H16F2N4O2/c1-13(19-23-16-9-5-6-10-17(16)26(19)20(21)22)24-27-12-15-11-18(28-25-15)14-7-3-2-4-8-14/h2-11,20H,12H2,1H3. The first-order valence-electron chi connectivity index (χ1n) is 8.56. The van der Waals surface area contributed by atoms with Gasteiger partial charge in [0.1, 0.15) is 11.4 Å². The van der Waals surface area contributed by atoms with E-state index in [4.69, 9.17) is 9.36 Å². The molecule has 0 amide bonds. The lowest BCUT2D eigenvalue weighted by molar-refractivity contribution is 0.0735. The number of hydrogen-bond acceptors (Lipinski definition) is 5. The van der Waals surface area contributed by atoms with Crippen molar-refractivity contribution in [2.75, 3.05) is 0 Å². The van der Waals surface area contributed by atoms with Crippen LogP contribution in [0.1, 0.15) is 25.0 Å². The summed E-state index contributed by atoms with van der Waals surface area (Å²) in [6.07, 6.45) is 0. The zero-order chi connectivity index (χ0) is 19.5. The van der Waals surface area contributed by atoms with Gasteiger partial charge in [-0.15, -0.1) is 0 Å². The number of benzene rings is 2. The maximum atomic E-state index is 13.5. The van der Waals surface area contributed by atoms with E-state index in [0.29, 0.717) is 22.5 Å². The van der Waals surface area contributed by atoms with Gasteiger partial charge < -0.3 is 9.36 Å². The van der Waals surface area contributed by atoms with Crippen molar-refractivity contribution in [3.63, 3.8) is 0 Å². The van der Waals surface area contributed by atoms with Crippen LogP contribution in [0.4, 0.5) is 8.78 Å². The molecule has 0 aliphatic heterocycles. The number of rotatable bonds is 6. The van der Waals surface area contributed by atoms with Crippen LogP contribution in [0, 0.1) is 0 Å². The van der Waals surface area contributed by atoms with Gasteiger partial charge in [0.25, 0.3) is 0 Å². The number of halogens is 2. The van der Waals surface area contributed by atoms with Crippen LogP contribution < -0.4 is 0 Å². The second kappa shape index (κ2) is 7.59. The van der Waals surface area contributed by atoms with E-state index >= 15 is 0 Å². The molecule has 0 atom stereocenters. The first kappa shape index (κ1) is 17.8. The Labute approximate surface area is 159 Å². The maximum absolute atomic E-state index is 13.5. The molecule has 142 valence electrons. The van der Waals surface area contributed by atoms with Gasteiger partial charge in [0.05, 0.1) is 11.0 Å². The molecule has 0 unspecified atom stereocenters. The molecule has 6 nitrogen and oxygen atoms in total. The molecule has 0 radical (unpaired) electrons. The van der Waals surface area contributed by atoms with Crippen molar-refractivity contribution in [1.29, 1.82) is 0 Å². The number of fused-ring (bicyclic) bond motifs is 1. The Morgan fingerprint density at radius 3 is 2.68 bits per heavy atom. The first-order valence-corrected chi connectivity index (χ1v) is 8.56. The van der Waals surface area contributed by atoms with Gasteiger partial charge in [0.15, 0.2) is 18.2 Å². The second-order valence-electron chi connectivity index (χ2n) is 6.07. The number of nitrogens with zero attached hydrogens (tertiary/aromatic N) is 4. The van der Waals surface area contributed by atoms with Crippen molar-refractivity contribution < 1.29 is 18.1 Å². The molecule has 0 spiro atoms. The average Bonchev–Trinajstić information content (AvgIpc) is 3.33. The van der Waals surface area contributed by atoms with Crippen molar-refractivity contribution >= 4 is 16.7 Å². The highest BCUT2D eigenvalue weighted by molar-refractivity contribution is 5.98. The highest BCUT2D eigenvalue weighted by Crippen LogP contribution is 2.24. The minimum Gasteiger partial charge on any atom is -0.389 e. The number of para-hydroxylation sites is 2. The number of hydrogen-bond donors (Lipinski definition) is 0. The molecular formula is C20H16F2N4O2. The summed E-state index contributed by atoms with van der Waals surface area (Å²) in [5.41, 5.74) is 2.48. The third-order valence-electron chi connectivity index (χ3n) is 4.15. The molecule has 2 heterocycles. The zero-order valence-corrected chi connectivity index (χ0v) is 14.9. The fourth-order valence-electron chi connectivity index (χ4n) is 2.85. The van der Waals surface area contributed by atoms with Crippen molar-refractivity contribution in [2.45, 2.75) is 20.1 Å². The van der Waals surface area contributed by atoms with Gasteiger partial charge in [-0.3, -0.25) is 4.57 Å². The fraction of sp³-hybridized carbons (Fsp3) is 0.150. The first-order chi connectivity index (χ1) is 13.6. The Balaban J connectivity index is 1.51. The van der Waals surface area contributed by atoms with Crippen LogP contribution in [-0.4, -0.2) is 20.4 Å². The third kappa shape index (κ3) is 3.48. The van der Waals surface area contributed by atoms with Crippen LogP contribution in [0.15, 0.2) is 70.3 Å². The highest BCUT2D eigenvalue weighted by atomic mass is 19.3. The van der Waals surface area contributed by atoms with Crippen LogP contribution in [0.2, 0.25) is 0 Å². The van der Waals surface area contributed by atoms with E-state index in [0.717, 1.165) is 10.1 Å². The molecule has 0 fully saturated rings. The van der Waals surface area contributed by atoms with Crippen LogP contribution in [0.3, 0.4) is 0 Å². The van der Waals surface area contributed by atoms with Gasteiger partial charge in [-0.05, 0) is 19.1 Å². The van der Waals surface area contributed by atoms with Crippen LogP contribution in [-0.2, 0) is 11.4 Å². The molecule has 4 rings (SSSR count). The minimum absolute atomic E-state index is 0.0442. The summed E-state index contributed by atoms with van der Waals surface area (Å²) in [6, 6.07) is 18.0. The van der Waals surface area contributed by atoms with Crippen molar-refractivity contribution in [2.24, 2.45) is 5.16 Å². The van der Waals surface area contributed by atoms with Gasteiger partial charge in [-0.2, -0.15) is 8.78 Å². The molecule has 0 N–H and O–H groups in total. The lowest BCUT2D eigenvalue weighted by Gasteiger charge is -2.07. The van der Waals surface area contributed by atoms with E-state index in [1.165, 1.54) is 0 Å². The number of aromatic nitrogens is 3. The number of oxime groups is 1. The van der Waals surface area contributed by atoms with Gasteiger partial charge >= 0.3 is 6.55 Å². The topological polar surface area (TPSA) is 65.4 Å². The van der Waals surface area contributed by atoms with E-state index in [1.54, 1.807) is 37.3 Å². The third-order valence-corrected chi connectivity index (χ3v) is 4.15. The normalized spacial score (nSPS) is 12.1. The van der Waals surface area contributed by atoms with Gasteiger partial charge in [0.2, 0.25) is 0 Å². The van der Waals surface area contributed by atoms with Crippen LogP contribution in [0.25, 0.3) is 22.4 Å². The fourth-order valence-corrected chi connectivity index (χ4v) is 2.85. The Bertz CT molecular complexity index is 1120. The van der Waals surface area contributed by atoms with Crippen molar-refractivity contribution in [3.8, 4) is 11.3 Å². The summed E-state index contributed by atoms with van der Waals surface area (Å²) in [4.78, 5) is 9.52. The van der Waals surface area contributed by atoms with E-state index in [9.17, 15) is 8.78 Å². The Morgan fingerprint density at radius 2 is 1.89 bits per heavy atom. The molecule has 0 bridgehead atoms. The molecular weight excluding hydrogens is 366 g/mol. The molecule has 28 heavy (non-hydrogen) atoms. The molecule has 0 saturated carbocycles. The molecule has 2 aromatic carbocycles. The summed E-state index contributed by atoms with van der Waals surface area (Å²) in [7, 11) is 0. The van der Waals surface area contributed by atoms with E-state index in [1.807, 2.05) is 30.3 Å². The van der Waals surface area contributed by atoms with E-state index in [2.05, 4.69) is 15.3 Å². The van der Waals surface area contributed by atoms with Gasteiger partial charge in [-0.1, -0.05) is 52.8 Å². The lowest BCUT2D eigenvalue weighted by Crippen LogP contribution is -2.10. The average molecular weight is 382 g/mol. The SMILES string of the molecule is CC(=NOCc1cc(-c2ccccc2)on1)c1nc2ccccc2n1C(F)F. The summed E-state index contributed by atoms with van der Waals surface area (Å²) < 4.78 is 33.1. The Morgan fingerprint density at radius 1 is 1.14 bits per heavy atom. The quantitative estimate of drug-likeness (QED) is 0.347. The van der Waals surface area contributed by atoms with Gasteiger partial charge in [-0.25, -0.2) is 4.98 Å². The Hall–Kier alpha value is -3.55. The lowest BCUT2D eigenvalue weighted by atomic mass is 10.2. The number of alkyl halides is 2. The van der Waals surface area contributed by atoms with Crippen LogP contribution in [0.5, 0.6) is 0 Å². The molecule has 2 aromatic heterocycles. The zero-order valence-electron chi connectivity index (χ0n) is 14.9. The summed E-state index contributed by atoms with van der Waals surface area (Å²) in [5, 5.41) is 7.86. The summed E-state index contributed by atoms with van der Waals surface area (Å²) in [6.45, 7) is -1.13. The van der Waals surface area contributed by atoms with Crippen molar-refractivity contribution in [1.82, 2.24) is 14.7 Å². The van der Waals surface area contributed by atoms with Crippen molar-refractivity contribution in [3.05, 3.63) is 72.2 Å². The molecule has 0 aliphatic rings. The Kier molecular flexibility index (Phi) is 4.84. The van der Waals surface area contributed by atoms with E-state index < -0.39 is 6.55 Å². The molecule has 8 heteroatoms. The monoisotopic (exact) mass is 382 g/mol. The largest absolute Gasteiger partial charge is 0.389 e. The molecule has 0 aliphatic carbocycles. The highest BCUT2D eigenvalue weighted by Gasteiger charge is 2.19. The maximum Gasteiger partial charge on any atom is 0.320 e. The predicted octanol–water partition coefficient (Wildman–Crippen LogP) is 5.03. The van der Waals surface area contributed by atoms with Gasteiger partial charge in [0, 0.05) is 11.6 Å². The molecule has 4 aromatic rings. The predicted molar refractivity (Wildman–Crippen MR) is 99.9 cm³/mol. The molecule has 0 saturated heterocycles. The van der Waals surface area contributed by atoms with E-state index in [-0.39, 0.29) is 18.1 Å².